The van der Waals surface area contributed by atoms with Gasteiger partial charge >= 0.3 is 5.97 Å². The van der Waals surface area contributed by atoms with E-state index in [-0.39, 0.29) is 30.9 Å². The second kappa shape index (κ2) is 13.7. The lowest BCUT2D eigenvalue weighted by atomic mass is 10.0. The number of hydrogen-bond acceptors (Lipinski definition) is 6. The monoisotopic (exact) mass is 548 g/mol. The van der Waals surface area contributed by atoms with Crippen LogP contribution in [-0.2, 0) is 32.1 Å². The summed E-state index contributed by atoms with van der Waals surface area (Å²) in [7, 11) is 0. The number of carboxylic acids is 1. The van der Waals surface area contributed by atoms with Gasteiger partial charge in [-0.3, -0.25) is 19.3 Å². The molecule has 2 atom stereocenters. The summed E-state index contributed by atoms with van der Waals surface area (Å²) in [6.07, 6.45) is 5.96. The molecule has 0 radical (unpaired) electrons. The molecule has 40 heavy (non-hydrogen) atoms. The van der Waals surface area contributed by atoms with Crippen molar-refractivity contribution >= 4 is 34.5 Å². The zero-order chi connectivity index (χ0) is 28.5. The number of carboxylic acid groups (broad SMARTS) is 1. The summed E-state index contributed by atoms with van der Waals surface area (Å²) >= 11 is 0. The molecule has 0 spiro atoms. The molecule has 3 amide bonds. The van der Waals surface area contributed by atoms with Crippen LogP contribution in [0, 0.1) is 0 Å². The Morgan fingerprint density at radius 1 is 1.18 bits per heavy atom. The lowest BCUT2D eigenvalue weighted by Crippen LogP contribution is -2.52. The minimum absolute atomic E-state index is 0.0558. The third-order valence-electron chi connectivity index (χ3n) is 7.16. The van der Waals surface area contributed by atoms with Gasteiger partial charge in [-0.15, -0.1) is 0 Å². The first-order chi connectivity index (χ1) is 19.3. The number of likely N-dealkylation sites (tertiary alicyclic amines) is 1. The molecule has 0 aliphatic carbocycles. The van der Waals surface area contributed by atoms with Crippen molar-refractivity contribution in [3.05, 3.63) is 66.2 Å². The van der Waals surface area contributed by atoms with Gasteiger partial charge in [-0.2, -0.15) is 0 Å². The van der Waals surface area contributed by atoms with Crippen LogP contribution < -0.4 is 10.6 Å². The Morgan fingerprint density at radius 2 is 1.98 bits per heavy atom. The summed E-state index contributed by atoms with van der Waals surface area (Å²) in [5, 5.41) is 16.7. The number of hydrogen-bond donors (Lipinski definition) is 4. The fourth-order valence-electron chi connectivity index (χ4n) is 5.20. The highest BCUT2D eigenvalue weighted by Crippen LogP contribution is 2.23. The van der Waals surface area contributed by atoms with Gasteiger partial charge in [0.05, 0.1) is 12.9 Å². The molecule has 0 unspecified atom stereocenters. The Kier molecular flexibility index (Phi) is 9.85. The van der Waals surface area contributed by atoms with Crippen LogP contribution in [0.3, 0.4) is 0 Å². The van der Waals surface area contributed by atoms with Gasteiger partial charge in [-0.25, -0.2) is 9.78 Å². The zero-order valence-electron chi connectivity index (χ0n) is 22.6. The number of aliphatic carboxylic acids is 1. The van der Waals surface area contributed by atoms with Gasteiger partial charge in [0.1, 0.15) is 6.04 Å². The van der Waals surface area contributed by atoms with Crippen molar-refractivity contribution < 1.29 is 24.3 Å². The van der Waals surface area contributed by atoms with E-state index in [1.165, 1.54) is 6.92 Å². The van der Waals surface area contributed by atoms with Crippen LogP contribution in [0.25, 0.3) is 10.8 Å². The van der Waals surface area contributed by atoms with Gasteiger partial charge in [-0.05, 0) is 35.6 Å². The van der Waals surface area contributed by atoms with Crippen molar-refractivity contribution in [3.63, 3.8) is 0 Å². The van der Waals surface area contributed by atoms with Crippen LogP contribution in [0.5, 0.6) is 0 Å². The quantitative estimate of drug-likeness (QED) is 0.254. The maximum absolute atomic E-state index is 13.1. The van der Waals surface area contributed by atoms with E-state index in [2.05, 4.69) is 20.6 Å². The normalized spacial score (nSPS) is 15.8. The van der Waals surface area contributed by atoms with E-state index in [4.69, 9.17) is 0 Å². The van der Waals surface area contributed by atoms with E-state index in [9.17, 15) is 24.3 Å². The molecule has 1 aromatic heterocycles. The Hall–Kier alpha value is -4.25. The van der Waals surface area contributed by atoms with Gasteiger partial charge in [0, 0.05) is 57.5 Å². The molecule has 11 nitrogen and oxygen atoms in total. The van der Waals surface area contributed by atoms with Crippen LogP contribution in [0.15, 0.2) is 55.0 Å². The number of H-pyrrole nitrogens is 1. The van der Waals surface area contributed by atoms with Crippen molar-refractivity contribution in [1.82, 2.24) is 30.4 Å². The third kappa shape index (κ3) is 7.89. The highest BCUT2D eigenvalue weighted by Gasteiger charge is 2.31. The molecule has 2 heterocycles. The Labute approximate surface area is 232 Å². The molecule has 4 rings (SSSR count). The second-order valence-corrected chi connectivity index (χ2v) is 10.2. The number of rotatable bonds is 13. The summed E-state index contributed by atoms with van der Waals surface area (Å²) in [4.78, 5) is 60.1. The maximum Gasteiger partial charge on any atom is 0.328 e. The van der Waals surface area contributed by atoms with Gasteiger partial charge in [0.25, 0.3) is 0 Å². The third-order valence-corrected chi connectivity index (χ3v) is 7.16. The van der Waals surface area contributed by atoms with E-state index in [1.807, 2.05) is 52.3 Å². The lowest BCUT2D eigenvalue weighted by molar-refractivity contribution is -0.142. The SMILES string of the molecule is CC(=O)NC[C@H](NC(=O)CN(Cc1cccc2ccccc12)C[C@@H]1CCCN1C(=O)CCc1cnc[nH]1)C(=O)O. The number of aromatic amines is 1. The highest BCUT2D eigenvalue weighted by molar-refractivity contribution is 5.87. The molecule has 1 aliphatic heterocycles. The van der Waals surface area contributed by atoms with E-state index < -0.39 is 17.9 Å². The number of nitrogens with one attached hydrogen (secondary N) is 3. The number of aromatic nitrogens is 2. The largest absolute Gasteiger partial charge is 0.480 e. The number of carbonyl (C=O) groups is 4. The van der Waals surface area contributed by atoms with Gasteiger partial charge < -0.3 is 25.6 Å². The minimum atomic E-state index is -1.25. The molecular formula is C29H36N6O5. The Bertz CT molecular complexity index is 1320. The topological polar surface area (TPSA) is 148 Å². The number of nitrogens with zero attached hydrogens (tertiary/aromatic N) is 3. The summed E-state index contributed by atoms with van der Waals surface area (Å²) in [6, 6.07) is 12.7. The van der Waals surface area contributed by atoms with Crippen LogP contribution in [-0.4, -0.2) is 86.8 Å². The molecule has 1 aliphatic rings. The van der Waals surface area contributed by atoms with Gasteiger partial charge in [0.15, 0.2) is 0 Å². The first kappa shape index (κ1) is 28.8. The number of imidazole rings is 1. The first-order valence-electron chi connectivity index (χ1n) is 13.5. The number of benzene rings is 2. The fourth-order valence-corrected chi connectivity index (χ4v) is 5.20. The summed E-state index contributed by atoms with van der Waals surface area (Å²) in [5.74, 6) is -2.01. The smallest absolute Gasteiger partial charge is 0.328 e. The number of carbonyl (C=O) groups excluding carboxylic acids is 3. The first-order valence-corrected chi connectivity index (χ1v) is 13.5. The summed E-state index contributed by atoms with van der Waals surface area (Å²) in [6.45, 7) is 2.61. The van der Waals surface area contributed by atoms with Gasteiger partial charge in [-0.1, -0.05) is 42.5 Å². The number of aryl methyl sites for hydroxylation is 1. The van der Waals surface area contributed by atoms with Crippen LogP contribution in [0.1, 0.15) is 37.4 Å². The molecule has 0 bridgehead atoms. The van der Waals surface area contributed by atoms with E-state index in [0.717, 1.165) is 34.9 Å². The Balaban J connectivity index is 1.48. The fraction of sp³-hybridized carbons (Fsp3) is 0.414. The predicted molar refractivity (Wildman–Crippen MR) is 149 cm³/mol. The molecule has 0 saturated carbocycles. The summed E-state index contributed by atoms with van der Waals surface area (Å²) < 4.78 is 0. The minimum Gasteiger partial charge on any atom is -0.480 e. The highest BCUT2D eigenvalue weighted by atomic mass is 16.4. The van der Waals surface area contributed by atoms with Crippen molar-refractivity contribution in [2.24, 2.45) is 0 Å². The van der Waals surface area contributed by atoms with Crippen molar-refractivity contribution in [2.45, 2.75) is 51.2 Å². The average Bonchev–Trinajstić information content (AvgIpc) is 3.62. The van der Waals surface area contributed by atoms with Gasteiger partial charge in [0.2, 0.25) is 17.7 Å². The van der Waals surface area contributed by atoms with Crippen LogP contribution in [0.4, 0.5) is 0 Å². The molecule has 1 saturated heterocycles. The van der Waals surface area contributed by atoms with Crippen molar-refractivity contribution in [1.29, 1.82) is 0 Å². The maximum atomic E-state index is 13.1. The molecule has 11 heteroatoms. The average molecular weight is 549 g/mol. The second-order valence-electron chi connectivity index (χ2n) is 10.2. The van der Waals surface area contributed by atoms with E-state index in [0.29, 0.717) is 32.5 Å². The predicted octanol–water partition coefficient (Wildman–Crippen LogP) is 1.69. The molecule has 4 N–H and O–H groups in total. The molecule has 1 fully saturated rings. The molecular weight excluding hydrogens is 512 g/mol. The summed E-state index contributed by atoms with van der Waals surface area (Å²) in [5.41, 5.74) is 1.94. The molecule has 2 aromatic carbocycles. The number of amides is 3. The molecule has 3 aromatic rings. The number of fused-ring (bicyclic) bond motifs is 1. The lowest BCUT2D eigenvalue weighted by Gasteiger charge is -2.31. The van der Waals surface area contributed by atoms with Crippen LogP contribution >= 0.6 is 0 Å². The van der Waals surface area contributed by atoms with E-state index in [1.54, 1.807) is 12.5 Å². The van der Waals surface area contributed by atoms with Crippen LogP contribution in [0.2, 0.25) is 0 Å². The van der Waals surface area contributed by atoms with Crippen molar-refractivity contribution in [2.75, 3.05) is 26.2 Å². The standard InChI is InChI=1S/C29H36N6O5/c1-20(36)31-15-26(29(39)40)33-27(37)18-34(16-22-8-4-7-21-6-2-3-10-25(21)22)17-24-9-5-13-35(24)28(38)12-11-23-14-30-19-32-23/h2-4,6-8,10,14,19,24,26H,5,9,11-13,15-18H2,1H3,(H,30,32)(H,31,36)(H,33,37)(H,39,40)/t24-,26-/m0/s1. The molecule has 212 valence electrons. The Morgan fingerprint density at radius 3 is 2.73 bits per heavy atom. The van der Waals surface area contributed by atoms with Crippen molar-refractivity contribution in [3.8, 4) is 0 Å². The zero-order valence-corrected chi connectivity index (χ0v) is 22.6. The van der Waals surface area contributed by atoms with E-state index >= 15 is 0 Å².